The van der Waals surface area contributed by atoms with Gasteiger partial charge in [-0.1, -0.05) is 0 Å². The minimum atomic E-state index is -0.419. The lowest BCUT2D eigenvalue weighted by molar-refractivity contribution is -0.384. The van der Waals surface area contributed by atoms with E-state index in [9.17, 15) is 10.1 Å². The van der Waals surface area contributed by atoms with Gasteiger partial charge in [0.15, 0.2) is 0 Å². The third kappa shape index (κ3) is 3.07. The van der Waals surface area contributed by atoms with E-state index < -0.39 is 4.92 Å². The molecule has 88 valence electrons. The second-order valence-electron chi connectivity index (χ2n) is 3.59. The van der Waals surface area contributed by atoms with Crippen LogP contribution in [0.4, 0.5) is 11.4 Å². The van der Waals surface area contributed by atoms with Crippen molar-refractivity contribution in [3.05, 3.63) is 58.7 Å². The van der Waals surface area contributed by atoms with Crippen LogP contribution in [0.5, 0.6) is 0 Å². The van der Waals surface area contributed by atoms with Gasteiger partial charge in [0.2, 0.25) is 0 Å². The maximum Gasteiger partial charge on any atom is 0.269 e. The first-order valence-electron chi connectivity index (χ1n) is 5.27. The number of anilines is 1. The first-order valence-corrected chi connectivity index (χ1v) is 5.27. The Labute approximate surface area is 98.6 Å². The van der Waals surface area contributed by atoms with Gasteiger partial charge in [-0.3, -0.25) is 10.1 Å². The molecule has 1 aromatic carbocycles. The van der Waals surface area contributed by atoms with E-state index in [0.29, 0.717) is 0 Å². The van der Waals surface area contributed by atoms with Crippen molar-refractivity contribution in [3.8, 4) is 0 Å². The van der Waals surface area contributed by atoms with Gasteiger partial charge in [0.1, 0.15) is 5.76 Å². The summed E-state index contributed by atoms with van der Waals surface area (Å²) in [6.07, 6.45) is 7.21. The first kappa shape index (κ1) is 11.2. The van der Waals surface area contributed by atoms with Gasteiger partial charge in [-0.15, -0.1) is 0 Å². The molecule has 5 heteroatoms. The molecule has 1 N–H and O–H groups in total. The number of allylic oxidation sites excluding steroid dienone is 2. The summed E-state index contributed by atoms with van der Waals surface area (Å²) in [6.45, 7) is 0. The molecule has 2 rings (SSSR count). The maximum atomic E-state index is 10.5. The zero-order valence-corrected chi connectivity index (χ0v) is 9.13. The fourth-order valence-corrected chi connectivity index (χ4v) is 1.44. The van der Waals surface area contributed by atoms with Crippen LogP contribution < -0.4 is 5.32 Å². The standard InChI is InChI=1S/C12H12N2O3/c15-14(16)11-6-4-10(5-7-11)13-9-12-3-1-2-8-17-12/h2,4-9,13H,1,3H2/b12-9-. The summed E-state index contributed by atoms with van der Waals surface area (Å²) in [7, 11) is 0. The highest BCUT2D eigenvalue weighted by Crippen LogP contribution is 2.17. The number of nitro groups is 1. The molecule has 1 aliphatic rings. The number of rotatable bonds is 3. The summed E-state index contributed by atoms with van der Waals surface area (Å²) < 4.78 is 5.27. The molecule has 0 atom stereocenters. The molecule has 0 unspecified atom stereocenters. The quantitative estimate of drug-likeness (QED) is 0.642. The summed E-state index contributed by atoms with van der Waals surface area (Å²) in [6, 6.07) is 6.24. The molecule has 5 nitrogen and oxygen atoms in total. The van der Waals surface area contributed by atoms with E-state index in [1.165, 1.54) is 12.1 Å². The van der Waals surface area contributed by atoms with Gasteiger partial charge in [0, 0.05) is 30.4 Å². The summed E-state index contributed by atoms with van der Waals surface area (Å²) >= 11 is 0. The zero-order valence-electron chi connectivity index (χ0n) is 9.13. The second-order valence-corrected chi connectivity index (χ2v) is 3.59. The number of ether oxygens (including phenoxy) is 1. The average Bonchev–Trinajstić information content (AvgIpc) is 2.38. The molecular formula is C12H12N2O3. The van der Waals surface area contributed by atoms with Crippen LogP contribution in [0, 0.1) is 10.1 Å². The third-order valence-corrected chi connectivity index (χ3v) is 2.35. The van der Waals surface area contributed by atoms with Crippen molar-refractivity contribution in [3.63, 3.8) is 0 Å². The Hall–Kier alpha value is -2.30. The molecule has 0 saturated carbocycles. The maximum absolute atomic E-state index is 10.5. The van der Waals surface area contributed by atoms with Crippen LogP contribution in [0.15, 0.2) is 48.6 Å². The number of nitrogens with zero attached hydrogens (tertiary/aromatic N) is 1. The highest BCUT2D eigenvalue weighted by atomic mass is 16.6. The monoisotopic (exact) mass is 232 g/mol. The predicted octanol–water partition coefficient (Wildman–Crippen LogP) is 3.17. The van der Waals surface area contributed by atoms with Crippen LogP contribution in [0.1, 0.15) is 12.8 Å². The first-order chi connectivity index (χ1) is 8.25. The van der Waals surface area contributed by atoms with E-state index in [2.05, 4.69) is 5.32 Å². The van der Waals surface area contributed by atoms with Crippen molar-refractivity contribution in [2.24, 2.45) is 0 Å². The van der Waals surface area contributed by atoms with E-state index in [-0.39, 0.29) is 5.69 Å². The Morgan fingerprint density at radius 3 is 2.71 bits per heavy atom. The molecule has 0 aromatic heterocycles. The lowest BCUT2D eigenvalue weighted by Gasteiger charge is -2.10. The van der Waals surface area contributed by atoms with Crippen molar-refractivity contribution in [1.82, 2.24) is 0 Å². The normalized spacial score (nSPS) is 16.6. The van der Waals surface area contributed by atoms with E-state index in [4.69, 9.17) is 4.74 Å². The fourth-order valence-electron chi connectivity index (χ4n) is 1.44. The van der Waals surface area contributed by atoms with Crippen LogP contribution in [-0.4, -0.2) is 4.92 Å². The number of nitro benzene ring substituents is 1. The van der Waals surface area contributed by atoms with Crippen molar-refractivity contribution in [2.75, 3.05) is 5.32 Å². The Morgan fingerprint density at radius 1 is 1.35 bits per heavy atom. The van der Waals surface area contributed by atoms with Gasteiger partial charge in [0.05, 0.1) is 11.2 Å². The Balaban J connectivity index is 1.99. The molecule has 0 amide bonds. The van der Waals surface area contributed by atoms with Crippen LogP contribution in [0.3, 0.4) is 0 Å². The van der Waals surface area contributed by atoms with Crippen molar-refractivity contribution < 1.29 is 9.66 Å². The van der Waals surface area contributed by atoms with Crippen molar-refractivity contribution in [2.45, 2.75) is 12.8 Å². The number of nitrogens with one attached hydrogen (secondary N) is 1. The van der Waals surface area contributed by atoms with E-state index in [1.54, 1.807) is 24.6 Å². The molecule has 0 aliphatic carbocycles. The third-order valence-electron chi connectivity index (χ3n) is 2.35. The highest BCUT2D eigenvalue weighted by molar-refractivity contribution is 5.50. The molecule has 1 heterocycles. The van der Waals surface area contributed by atoms with E-state index in [0.717, 1.165) is 24.3 Å². The van der Waals surface area contributed by atoms with Gasteiger partial charge in [-0.25, -0.2) is 0 Å². The minimum absolute atomic E-state index is 0.0834. The summed E-state index contributed by atoms with van der Waals surface area (Å²) in [5.41, 5.74) is 0.876. The zero-order chi connectivity index (χ0) is 12.1. The molecule has 0 bridgehead atoms. The Bertz CT molecular complexity index is 463. The summed E-state index contributed by atoms with van der Waals surface area (Å²) in [5.74, 6) is 0.853. The van der Waals surface area contributed by atoms with Crippen LogP contribution in [0.25, 0.3) is 0 Å². The molecule has 17 heavy (non-hydrogen) atoms. The number of benzene rings is 1. The lowest BCUT2D eigenvalue weighted by atomic mass is 10.2. The van der Waals surface area contributed by atoms with E-state index >= 15 is 0 Å². The molecule has 0 spiro atoms. The number of non-ortho nitro benzene ring substituents is 1. The van der Waals surface area contributed by atoms with Gasteiger partial charge < -0.3 is 10.1 Å². The van der Waals surface area contributed by atoms with Gasteiger partial charge in [0.25, 0.3) is 5.69 Å². The fraction of sp³-hybridized carbons (Fsp3) is 0.167. The molecule has 1 aliphatic heterocycles. The average molecular weight is 232 g/mol. The Kier molecular flexibility index (Phi) is 3.40. The highest BCUT2D eigenvalue weighted by Gasteiger charge is 2.04. The molecule has 0 fully saturated rings. The van der Waals surface area contributed by atoms with Crippen molar-refractivity contribution in [1.29, 1.82) is 0 Å². The predicted molar refractivity (Wildman–Crippen MR) is 64.3 cm³/mol. The van der Waals surface area contributed by atoms with Gasteiger partial charge in [-0.05, 0) is 24.6 Å². The second kappa shape index (κ2) is 5.16. The number of hydrogen-bond donors (Lipinski definition) is 1. The van der Waals surface area contributed by atoms with Crippen LogP contribution in [-0.2, 0) is 4.74 Å². The summed E-state index contributed by atoms with van der Waals surface area (Å²) in [5, 5.41) is 13.5. The summed E-state index contributed by atoms with van der Waals surface area (Å²) in [4.78, 5) is 10.0. The van der Waals surface area contributed by atoms with Gasteiger partial charge >= 0.3 is 0 Å². The largest absolute Gasteiger partial charge is 0.468 e. The van der Waals surface area contributed by atoms with Crippen molar-refractivity contribution >= 4 is 11.4 Å². The minimum Gasteiger partial charge on any atom is -0.468 e. The smallest absolute Gasteiger partial charge is 0.269 e. The van der Waals surface area contributed by atoms with Crippen LogP contribution >= 0.6 is 0 Å². The molecule has 0 radical (unpaired) electrons. The van der Waals surface area contributed by atoms with Crippen LogP contribution in [0.2, 0.25) is 0 Å². The number of hydrogen-bond acceptors (Lipinski definition) is 4. The Morgan fingerprint density at radius 2 is 2.12 bits per heavy atom. The van der Waals surface area contributed by atoms with E-state index in [1.807, 2.05) is 6.08 Å². The topological polar surface area (TPSA) is 64.4 Å². The van der Waals surface area contributed by atoms with Gasteiger partial charge in [-0.2, -0.15) is 0 Å². The molecule has 0 saturated heterocycles. The SMILES string of the molecule is O=[N+]([O-])c1ccc(N/C=C2/CCC=CO2)cc1. The molecule has 1 aromatic rings. The molecular weight excluding hydrogens is 220 g/mol. The lowest BCUT2D eigenvalue weighted by Crippen LogP contribution is -1.96.